The lowest BCUT2D eigenvalue weighted by Gasteiger charge is -2.06. The lowest BCUT2D eigenvalue weighted by Crippen LogP contribution is -2.25. The number of amides is 1. The van der Waals surface area contributed by atoms with E-state index in [9.17, 15) is 9.90 Å². The summed E-state index contributed by atoms with van der Waals surface area (Å²) in [5, 5.41) is 16.9. The molecule has 0 bridgehead atoms. The summed E-state index contributed by atoms with van der Waals surface area (Å²) in [6.07, 6.45) is 1.73. The molecule has 0 aliphatic heterocycles. The van der Waals surface area contributed by atoms with Crippen molar-refractivity contribution < 1.29 is 9.90 Å². The van der Waals surface area contributed by atoms with Crippen molar-refractivity contribution in [2.75, 3.05) is 12.3 Å². The van der Waals surface area contributed by atoms with Crippen molar-refractivity contribution in [3.05, 3.63) is 48.2 Å². The molecule has 0 radical (unpaired) electrons. The van der Waals surface area contributed by atoms with Gasteiger partial charge in [0.1, 0.15) is 16.3 Å². The molecule has 0 unspecified atom stereocenters. The third-order valence-electron chi connectivity index (χ3n) is 2.64. The van der Waals surface area contributed by atoms with Crippen LogP contribution in [0.1, 0.15) is 10.4 Å². The van der Waals surface area contributed by atoms with Crippen LogP contribution < -0.4 is 10.2 Å². The van der Waals surface area contributed by atoms with Crippen LogP contribution in [0.25, 0.3) is 0 Å². The molecular weight excluding hydrogens is 334 g/mol. The molecule has 9 heteroatoms. The summed E-state index contributed by atoms with van der Waals surface area (Å²) in [6.45, 7) is 0.469. The number of nitrogens with one attached hydrogen (secondary N) is 2. The number of phenols is 1. The standard InChI is InChI=1S/C14H13N5O2S2/c15-19-18-10-4-5-11(12(20)9-10)14(21)17-7-8-22-23-13-3-1-2-6-16-13/h1-6,9,15H,7-8H2,(H-,17,20,21)/p+1. The zero-order chi connectivity index (χ0) is 16.5. The molecule has 3 N–H and O–H groups in total. The van der Waals surface area contributed by atoms with Crippen molar-refractivity contribution in [2.45, 2.75) is 5.03 Å². The number of hydrogen-bond donors (Lipinski definition) is 3. The van der Waals surface area contributed by atoms with Gasteiger partial charge in [0.25, 0.3) is 5.91 Å². The quantitative estimate of drug-likeness (QED) is 0.308. The van der Waals surface area contributed by atoms with Gasteiger partial charge in [-0.2, -0.15) is 0 Å². The molecular formula is C14H14N5O2S2+. The summed E-state index contributed by atoms with van der Waals surface area (Å²) in [5.41, 5.74) is 7.11. The molecule has 0 spiro atoms. The number of rotatable bonds is 7. The number of aromatic nitrogens is 1. The van der Waals surface area contributed by atoms with E-state index < -0.39 is 0 Å². The molecule has 0 aliphatic rings. The van der Waals surface area contributed by atoms with Crippen molar-refractivity contribution >= 4 is 33.2 Å². The van der Waals surface area contributed by atoms with Gasteiger partial charge in [0.2, 0.25) is 4.91 Å². The van der Waals surface area contributed by atoms with Gasteiger partial charge in [0.15, 0.2) is 10.8 Å². The molecule has 0 aliphatic carbocycles. The molecule has 1 aromatic heterocycles. The summed E-state index contributed by atoms with van der Waals surface area (Å²) < 4.78 is 0. The van der Waals surface area contributed by atoms with Gasteiger partial charge in [-0.15, -0.1) is 0 Å². The van der Waals surface area contributed by atoms with E-state index in [0.717, 1.165) is 5.03 Å². The molecule has 2 aromatic rings. The predicted molar refractivity (Wildman–Crippen MR) is 89.9 cm³/mol. The van der Waals surface area contributed by atoms with Gasteiger partial charge >= 0.3 is 0 Å². The van der Waals surface area contributed by atoms with E-state index in [1.165, 1.54) is 18.2 Å². The van der Waals surface area contributed by atoms with Crippen molar-refractivity contribution in [1.82, 2.24) is 15.2 Å². The number of hydrogen-bond acceptors (Lipinski definition) is 7. The average molecular weight is 348 g/mol. The van der Waals surface area contributed by atoms with Crippen LogP contribution in [-0.4, -0.2) is 28.3 Å². The van der Waals surface area contributed by atoms with E-state index in [1.807, 2.05) is 18.2 Å². The van der Waals surface area contributed by atoms with Crippen molar-refractivity contribution in [1.29, 1.82) is 5.53 Å². The highest BCUT2D eigenvalue weighted by atomic mass is 33.1. The Kier molecular flexibility index (Phi) is 6.61. The van der Waals surface area contributed by atoms with Gasteiger partial charge in [-0.1, -0.05) is 16.9 Å². The summed E-state index contributed by atoms with van der Waals surface area (Å²) >= 11 is 0. The molecule has 118 valence electrons. The van der Waals surface area contributed by atoms with Gasteiger partial charge in [-0.25, -0.2) is 4.98 Å². The maximum absolute atomic E-state index is 12.0. The fourth-order valence-electron chi connectivity index (χ4n) is 1.63. The van der Waals surface area contributed by atoms with Gasteiger partial charge in [-0.05, 0) is 35.1 Å². The Balaban J connectivity index is 1.77. The van der Waals surface area contributed by atoms with Crippen LogP contribution in [0, 0.1) is 5.53 Å². The van der Waals surface area contributed by atoms with Gasteiger partial charge in [-0.3, -0.25) is 4.79 Å². The van der Waals surface area contributed by atoms with Crippen LogP contribution in [0.3, 0.4) is 0 Å². The molecule has 0 fully saturated rings. The maximum atomic E-state index is 12.0. The monoisotopic (exact) mass is 348 g/mol. The number of nitrogens with zero attached hydrogens (tertiary/aromatic N) is 3. The summed E-state index contributed by atoms with van der Waals surface area (Å²) in [4.78, 5) is 19.0. The van der Waals surface area contributed by atoms with E-state index >= 15 is 0 Å². The van der Waals surface area contributed by atoms with Crippen molar-refractivity contribution in [3.63, 3.8) is 0 Å². The van der Waals surface area contributed by atoms with Crippen LogP contribution >= 0.6 is 21.6 Å². The Hall–Kier alpha value is -2.35. The van der Waals surface area contributed by atoms with Crippen LogP contribution in [0.4, 0.5) is 5.69 Å². The fraction of sp³-hybridized carbons (Fsp3) is 0.143. The van der Waals surface area contributed by atoms with E-state index in [-0.39, 0.29) is 17.2 Å². The van der Waals surface area contributed by atoms with Gasteiger partial charge in [0, 0.05) is 24.6 Å². The smallest absolute Gasteiger partial charge is 0.255 e. The first-order chi connectivity index (χ1) is 11.2. The molecule has 7 nitrogen and oxygen atoms in total. The predicted octanol–water partition coefficient (Wildman–Crippen LogP) is 3.14. The van der Waals surface area contributed by atoms with Crippen LogP contribution in [0.2, 0.25) is 0 Å². The summed E-state index contributed by atoms with van der Waals surface area (Å²) in [5.74, 6) is 0.155. The third kappa shape index (κ3) is 5.41. The molecule has 23 heavy (non-hydrogen) atoms. The molecule has 1 amide bonds. The highest BCUT2D eigenvalue weighted by Gasteiger charge is 2.12. The van der Waals surface area contributed by atoms with E-state index in [2.05, 4.69) is 20.3 Å². The maximum Gasteiger partial charge on any atom is 0.255 e. The Morgan fingerprint density at radius 2 is 2.26 bits per heavy atom. The highest BCUT2D eigenvalue weighted by molar-refractivity contribution is 8.76. The minimum absolute atomic E-state index is 0.163. The average Bonchev–Trinajstić information content (AvgIpc) is 2.56. The number of benzene rings is 1. The number of carbonyl (C=O) groups excluding carboxylic acids is 1. The topological polar surface area (TPSA) is 113 Å². The minimum Gasteiger partial charge on any atom is -0.507 e. The number of aromatic hydroxyl groups is 1. The first-order valence-corrected chi connectivity index (χ1v) is 8.92. The lowest BCUT2D eigenvalue weighted by molar-refractivity contribution is 0.0953. The number of phenolic OH excluding ortho intramolecular Hbond substituents is 1. The SMILES string of the molecule is N=[N+]=Nc1ccc(C(=O)NCCSSc2ccccn2)c(O)c1. The Morgan fingerprint density at radius 3 is 2.96 bits per heavy atom. The zero-order valence-electron chi connectivity index (χ0n) is 12.0. The first-order valence-electron chi connectivity index (χ1n) is 6.60. The molecule has 2 rings (SSSR count). The Labute approximate surface area is 140 Å². The highest BCUT2D eigenvalue weighted by Crippen LogP contribution is 2.28. The van der Waals surface area contributed by atoms with Crippen LogP contribution in [0.5, 0.6) is 5.75 Å². The van der Waals surface area contributed by atoms with Crippen molar-refractivity contribution in [3.8, 4) is 5.75 Å². The first kappa shape index (κ1) is 17.0. The molecule has 1 aromatic carbocycles. The molecule has 0 atom stereocenters. The third-order valence-corrected chi connectivity index (χ3v) is 4.91. The lowest BCUT2D eigenvalue weighted by atomic mass is 10.1. The van der Waals surface area contributed by atoms with E-state index in [1.54, 1.807) is 27.8 Å². The van der Waals surface area contributed by atoms with Crippen LogP contribution in [-0.2, 0) is 0 Å². The minimum atomic E-state index is -0.361. The second kappa shape index (κ2) is 8.94. The normalized spacial score (nSPS) is 9.91. The molecule has 0 saturated carbocycles. The fourth-order valence-corrected chi connectivity index (χ4v) is 3.42. The Bertz CT molecular complexity index is 720. The second-order valence-corrected chi connectivity index (χ2v) is 6.67. The largest absolute Gasteiger partial charge is 0.507 e. The van der Waals surface area contributed by atoms with Crippen LogP contribution in [0.15, 0.2) is 52.7 Å². The second-order valence-electron chi connectivity index (χ2n) is 4.23. The summed E-state index contributed by atoms with van der Waals surface area (Å²) in [7, 11) is 3.13. The molecule has 1 heterocycles. The van der Waals surface area contributed by atoms with Gasteiger partial charge < -0.3 is 10.4 Å². The number of carbonyl (C=O) groups is 1. The number of pyridine rings is 1. The summed E-state index contributed by atoms with van der Waals surface area (Å²) in [6, 6.07) is 9.95. The van der Waals surface area contributed by atoms with Crippen molar-refractivity contribution in [2.24, 2.45) is 5.11 Å². The molecule has 0 saturated heterocycles. The van der Waals surface area contributed by atoms with E-state index in [4.69, 9.17) is 5.53 Å². The Morgan fingerprint density at radius 1 is 1.39 bits per heavy atom. The van der Waals surface area contributed by atoms with Gasteiger partial charge in [0.05, 0.1) is 5.56 Å². The van der Waals surface area contributed by atoms with E-state index in [0.29, 0.717) is 18.0 Å². The zero-order valence-corrected chi connectivity index (χ0v) is 13.6.